The number of aromatic nitrogens is 2. The number of rotatable bonds is 2. The van der Waals surface area contributed by atoms with E-state index in [-0.39, 0.29) is 5.91 Å². The Kier molecular flexibility index (Phi) is 2.47. The van der Waals surface area contributed by atoms with Crippen LogP contribution in [0.3, 0.4) is 0 Å². The third kappa shape index (κ3) is 1.84. The van der Waals surface area contributed by atoms with Gasteiger partial charge in [-0.1, -0.05) is 6.92 Å². The number of aryl methyl sites for hydroxylation is 2. The molecule has 1 aromatic heterocycles. The van der Waals surface area contributed by atoms with Crippen LogP contribution in [-0.2, 0) is 18.3 Å². The van der Waals surface area contributed by atoms with E-state index in [1.807, 2.05) is 20.0 Å². The molecule has 1 rings (SSSR count). The van der Waals surface area contributed by atoms with Crippen molar-refractivity contribution in [2.45, 2.75) is 20.3 Å². The Morgan fingerprint density at radius 3 is 2.83 bits per heavy atom. The Hall–Kier alpha value is -1.32. The molecule has 1 N–H and O–H groups in total. The molecular formula is C8H13N3O. The molecule has 0 bridgehead atoms. The van der Waals surface area contributed by atoms with Crippen molar-refractivity contribution in [2.24, 2.45) is 7.05 Å². The molecule has 1 aromatic rings. The van der Waals surface area contributed by atoms with Crippen LogP contribution in [0.2, 0.25) is 0 Å². The molecule has 0 saturated carbocycles. The van der Waals surface area contributed by atoms with Gasteiger partial charge in [0.2, 0.25) is 5.91 Å². The molecule has 0 aliphatic heterocycles. The minimum Gasteiger partial charge on any atom is -0.311 e. The van der Waals surface area contributed by atoms with Crippen molar-refractivity contribution in [3.05, 3.63) is 11.8 Å². The molecule has 4 heteroatoms. The number of anilines is 1. The van der Waals surface area contributed by atoms with Gasteiger partial charge in [-0.3, -0.25) is 9.48 Å². The Bertz CT molecular complexity index is 290. The van der Waals surface area contributed by atoms with Gasteiger partial charge in [-0.05, 0) is 6.42 Å². The lowest BCUT2D eigenvalue weighted by atomic mass is 10.3. The van der Waals surface area contributed by atoms with Crippen LogP contribution in [0, 0.1) is 0 Å². The number of nitrogens with one attached hydrogen (secondary N) is 1. The summed E-state index contributed by atoms with van der Waals surface area (Å²) in [6, 6.07) is 1.88. The van der Waals surface area contributed by atoms with Crippen molar-refractivity contribution in [3.8, 4) is 0 Å². The van der Waals surface area contributed by atoms with Gasteiger partial charge in [0.15, 0.2) is 0 Å². The van der Waals surface area contributed by atoms with Crippen LogP contribution < -0.4 is 5.32 Å². The zero-order chi connectivity index (χ0) is 9.14. The van der Waals surface area contributed by atoms with E-state index in [2.05, 4.69) is 10.4 Å². The summed E-state index contributed by atoms with van der Waals surface area (Å²) in [5.74, 6) is 0.681. The molecule has 1 amide bonds. The van der Waals surface area contributed by atoms with E-state index in [0.29, 0.717) is 0 Å². The summed E-state index contributed by atoms with van der Waals surface area (Å²) in [6.45, 7) is 3.51. The molecule has 0 fully saturated rings. The standard InChI is InChI=1S/C8H13N3O/c1-4-7-5-8(9-6(2)12)11(3)10-7/h5H,4H2,1-3H3,(H,9,12). The van der Waals surface area contributed by atoms with Crippen molar-refractivity contribution in [1.29, 1.82) is 0 Å². The van der Waals surface area contributed by atoms with E-state index in [9.17, 15) is 4.79 Å². The van der Waals surface area contributed by atoms with Gasteiger partial charge in [-0.2, -0.15) is 5.10 Å². The predicted octanol–water partition coefficient (Wildman–Crippen LogP) is 0.941. The van der Waals surface area contributed by atoms with Gasteiger partial charge < -0.3 is 5.32 Å². The fourth-order valence-electron chi connectivity index (χ4n) is 0.997. The van der Waals surface area contributed by atoms with E-state index < -0.39 is 0 Å². The van der Waals surface area contributed by atoms with Crippen LogP contribution in [0.25, 0.3) is 0 Å². The highest BCUT2D eigenvalue weighted by atomic mass is 16.1. The van der Waals surface area contributed by atoms with Crippen molar-refractivity contribution >= 4 is 11.7 Å². The maximum atomic E-state index is 10.7. The molecule has 0 aliphatic carbocycles. The van der Waals surface area contributed by atoms with E-state index in [4.69, 9.17) is 0 Å². The number of carbonyl (C=O) groups excluding carboxylic acids is 1. The van der Waals surface area contributed by atoms with Crippen LogP contribution in [0.1, 0.15) is 19.5 Å². The average Bonchev–Trinajstić information content (AvgIpc) is 2.31. The summed E-state index contributed by atoms with van der Waals surface area (Å²) < 4.78 is 1.67. The van der Waals surface area contributed by atoms with E-state index in [0.717, 1.165) is 17.9 Å². The smallest absolute Gasteiger partial charge is 0.222 e. The van der Waals surface area contributed by atoms with Crippen molar-refractivity contribution in [3.63, 3.8) is 0 Å². The maximum absolute atomic E-state index is 10.7. The zero-order valence-corrected chi connectivity index (χ0v) is 7.59. The minimum atomic E-state index is -0.0688. The minimum absolute atomic E-state index is 0.0688. The van der Waals surface area contributed by atoms with Crippen molar-refractivity contribution in [2.75, 3.05) is 5.32 Å². The normalized spacial score (nSPS) is 9.92. The summed E-state index contributed by atoms with van der Waals surface area (Å²) in [7, 11) is 1.81. The molecule has 0 aromatic carbocycles. The highest BCUT2D eigenvalue weighted by Gasteiger charge is 2.03. The summed E-state index contributed by atoms with van der Waals surface area (Å²) in [5.41, 5.74) is 0.987. The number of carbonyl (C=O) groups is 1. The predicted molar refractivity (Wildman–Crippen MR) is 46.9 cm³/mol. The molecule has 4 nitrogen and oxygen atoms in total. The lowest BCUT2D eigenvalue weighted by Crippen LogP contribution is -2.09. The van der Waals surface area contributed by atoms with Crippen LogP contribution >= 0.6 is 0 Å². The monoisotopic (exact) mass is 167 g/mol. The number of hydrogen-bond donors (Lipinski definition) is 1. The van der Waals surface area contributed by atoms with E-state index in [1.54, 1.807) is 4.68 Å². The first-order valence-corrected chi connectivity index (χ1v) is 3.94. The Morgan fingerprint density at radius 1 is 1.75 bits per heavy atom. The third-order valence-electron chi connectivity index (χ3n) is 1.60. The SMILES string of the molecule is CCc1cc(NC(C)=O)n(C)n1. The fourth-order valence-corrected chi connectivity index (χ4v) is 0.997. The highest BCUT2D eigenvalue weighted by Crippen LogP contribution is 2.08. The number of nitrogens with zero attached hydrogens (tertiary/aromatic N) is 2. The molecule has 0 unspecified atom stereocenters. The fraction of sp³-hybridized carbons (Fsp3) is 0.500. The van der Waals surface area contributed by atoms with Crippen molar-refractivity contribution in [1.82, 2.24) is 9.78 Å². The van der Waals surface area contributed by atoms with Gasteiger partial charge in [0.05, 0.1) is 5.69 Å². The maximum Gasteiger partial charge on any atom is 0.222 e. The molecule has 0 atom stereocenters. The van der Waals surface area contributed by atoms with E-state index in [1.165, 1.54) is 6.92 Å². The van der Waals surface area contributed by atoms with Gasteiger partial charge in [-0.15, -0.1) is 0 Å². The first-order valence-electron chi connectivity index (χ1n) is 3.94. The van der Waals surface area contributed by atoms with Gasteiger partial charge in [0.25, 0.3) is 0 Å². The van der Waals surface area contributed by atoms with Crippen LogP contribution in [0.4, 0.5) is 5.82 Å². The Labute approximate surface area is 71.6 Å². The lowest BCUT2D eigenvalue weighted by molar-refractivity contribution is -0.114. The number of amides is 1. The lowest BCUT2D eigenvalue weighted by Gasteiger charge is -1.99. The second kappa shape index (κ2) is 3.38. The first kappa shape index (κ1) is 8.77. The summed E-state index contributed by atoms with van der Waals surface area (Å²) >= 11 is 0. The van der Waals surface area contributed by atoms with Crippen LogP contribution in [0.5, 0.6) is 0 Å². The molecule has 0 spiro atoms. The van der Waals surface area contributed by atoms with Gasteiger partial charge in [0.1, 0.15) is 5.82 Å². The first-order chi connectivity index (χ1) is 5.63. The van der Waals surface area contributed by atoms with Crippen LogP contribution in [-0.4, -0.2) is 15.7 Å². The summed E-state index contributed by atoms with van der Waals surface area (Å²) in [5, 5.41) is 6.87. The Balaban J connectivity index is 2.84. The molecular weight excluding hydrogens is 154 g/mol. The van der Waals surface area contributed by atoms with E-state index >= 15 is 0 Å². The van der Waals surface area contributed by atoms with Gasteiger partial charge >= 0.3 is 0 Å². The molecule has 0 radical (unpaired) electrons. The molecule has 12 heavy (non-hydrogen) atoms. The van der Waals surface area contributed by atoms with Gasteiger partial charge in [-0.25, -0.2) is 0 Å². The number of hydrogen-bond acceptors (Lipinski definition) is 2. The Morgan fingerprint density at radius 2 is 2.42 bits per heavy atom. The summed E-state index contributed by atoms with van der Waals surface area (Å²) in [4.78, 5) is 10.7. The van der Waals surface area contributed by atoms with Crippen LogP contribution in [0.15, 0.2) is 6.07 Å². The molecule has 1 heterocycles. The molecule has 0 aliphatic rings. The molecule has 0 saturated heterocycles. The zero-order valence-electron chi connectivity index (χ0n) is 7.59. The van der Waals surface area contributed by atoms with Gasteiger partial charge in [0, 0.05) is 20.0 Å². The second-order valence-electron chi connectivity index (χ2n) is 2.68. The third-order valence-corrected chi connectivity index (χ3v) is 1.60. The average molecular weight is 167 g/mol. The highest BCUT2D eigenvalue weighted by molar-refractivity contribution is 5.87. The topological polar surface area (TPSA) is 46.9 Å². The molecule has 66 valence electrons. The quantitative estimate of drug-likeness (QED) is 0.712. The summed E-state index contributed by atoms with van der Waals surface area (Å²) in [6.07, 6.45) is 0.882. The largest absolute Gasteiger partial charge is 0.311 e. The second-order valence-corrected chi connectivity index (χ2v) is 2.68. The van der Waals surface area contributed by atoms with Crippen molar-refractivity contribution < 1.29 is 4.79 Å².